The van der Waals surface area contributed by atoms with E-state index in [9.17, 15) is 19.1 Å². The molecule has 1 aliphatic heterocycles. The van der Waals surface area contributed by atoms with Crippen molar-refractivity contribution < 1.29 is 23.8 Å². The van der Waals surface area contributed by atoms with Crippen LogP contribution in [0.4, 0.5) is 4.39 Å². The second kappa shape index (κ2) is 6.05. The molecule has 0 aliphatic carbocycles. The van der Waals surface area contributed by atoms with E-state index >= 15 is 0 Å². The van der Waals surface area contributed by atoms with Crippen LogP contribution in [0.15, 0.2) is 35.6 Å². The van der Waals surface area contributed by atoms with Crippen LogP contribution in [0.25, 0.3) is 0 Å². The highest BCUT2D eigenvalue weighted by atomic mass is 19.1. The predicted octanol–water partition coefficient (Wildman–Crippen LogP) is 1.76. The normalized spacial score (nSPS) is 18.5. The lowest BCUT2D eigenvalue weighted by Gasteiger charge is -2.26. The van der Waals surface area contributed by atoms with E-state index in [4.69, 9.17) is 4.74 Å². The van der Waals surface area contributed by atoms with Gasteiger partial charge in [0.2, 0.25) is 0 Å². The number of ketones is 1. The molecule has 1 heterocycles. The Morgan fingerprint density at radius 3 is 2.52 bits per heavy atom. The molecule has 0 bridgehead atoms. The SMILES string of the molecule is COCCN1C(=O)C(O)=C(C(C)=O)[C@@H]1c1ccc(F)cc1. The first-order valence-corrected chi connectivity index (χ1v) is 6.46. The standard InChI is InChI=1S/C15H16FNO4/c1-9(18)12-13(10-3-5-11(16)6-4-10)17(7-8-21-2)15(20)14(12)19/h3-6,13,19H,7-8H2,1-2H3/t13-/m0/s1. The van der Waals surface area contributed by atoms with Crippen molar-refractivity contribution in [2.45, 2.75) is 13.0 Å². The second-order valence-corrected chi connectivity index (χ2v) is 4.76. The number of carbonyl (C=O) groups is 2. The summed E-state index contributed by atoms with van der Waals surface area (Å²) in [5.41, 5.74) is 0.595. The van der Waals surface area contributed by atoms with Crippen LogP contribution in [0.3, 0.4) is 0 Å². The molecule has 1 aliphatic rings. The van der Waals surface area contributed by atoms with Crippen LogP contribution in [0, 0.1) is 5.82 Å². The topological polar surface area (TPSA) is 66.8 Å². The third kappa shape index (κ3) is 2.80. The molecule has 5 nitrogen and oxygen atoms in total. The van der Waals surface area contributed by atoms with Gasteiger partial charge in [-0.3, -0.25) is 9.59 Å². The van der Waals surface area contributed by atoms with Gasteiger partial charge in [0.05, 0.1) is 18.2 Å². The molecule has 0 radical (unpaired) electrons. The van der Waals surface area contributed by atoms with E-state index in [0.717, 1.165) is 0 Å². The number of hydrogen-bond donors (Lipinski definition) is 1. The number of aliphatic hydroxyl groups excluding tert-OH is 1. The number of ether oxygens (including phenoxy) is 1. The average molecular weight is 293 g/mol. The molecule has 21 heavy (non-hydrogen) atoms. The highest BCUT2D eigenvalue weighted by molar-refractivity contribution is 6.08. The molecule has 0 saturated heterocycles. The Balaban J connectivity index is 2.46. The first-order chi connectivity index (χ1) is 9.97. The number of halogens is 1. The molecule has 1 amide bonds. The van der Waals surface area contributed by atoms with Gasteiger partial charge in [-0.1, -0.05) is 12.1 Å². The summed E-state index contributed by atoms with van der Waals surface area (Å²) in [5, 5.41) is 9.94. The Bertz CT molecular complexity index is 594. The van der Waals surface area contributed by atoms with Gasteiger partial charge >= 0.3 is 0 Å². The van der Waals surface area contributed by atoms with Gasteiger partial charge in [0.15, 0.2) is 11.5 Å². The zero-order valence-corrected chi connectivity index (χ0v) is 11.8. The highest BCUT2D eigenvalue weighted by Crippen LogP contribution is 2.37. The number of methoxy groups -OCH3 is 1. The molecule has 0 fully saturated rings. The largest absolute Gasteiger partial charge is 0.503 e. The fourth-order valence-corrected chi connectivity index (χ4v) is 2.43. The summed E-state index contributed by atoms with van der Waals surface area (Å²) in [6.07, 6.45) is 0. The van der Waals surface area contributed by atoms with Gasteiger partial charge in [0, 0.05) is 13.7 Å². The van der Waals surface area contributed by atoms with Crippen molar-refractivity contribution in [2.75, 3.05) is 20.3 Å². The number of nitrogens with zero attached hydrogens (tertiary/aromatic N) is 1. The van der Waals surface area contributed by atoms with Crippen LogP contribution in [0.2, 0.25) is 0 Å². The van der Waals surface area contributed by atoms with E-state index in [1.807, 2.05) is 0 Å². The summed E-state index contributed by atoms with van der Waals surface area (Å²) < 4.78 is 18.0. The number of amides is 1. The lowest BCUT2D eigenvalue weighted by molar-refractivity contribution is -0.130. The van der Waals surface area contributed by atoms with Gasteiger partial charge in [-0.25, -0.2) is 4.39 Å². The van der Waals surface area contributed by atoms with Crippen molar-refractivity contribution in [1.82, 2.24) is 4.90 Å². The Hall–Kier alpha value is -2.21. The van der Waals surface area contributed by atoms with Gasteiger partial charge in [0.25, 0.3) is 5.91 Å². The van der Waals surface area contributed by atoms with Crippen LogP contribution in [0.1, 0.15) is 18.5 Å². The number of carbonyl (C=O) groups excluding carboxylic acids is 2. The number of hydrogen-bond acceptors (Lipinski definition) is 4. The van der Waals surface area contributed by atoms with E-state index in [1.165, 1.54) is 43.2 Å². The van der Waals surface area contributed by atoms with Crippen molar-refractivity contribution in [3.63, 3.8) is 0 Å². The fourth-order valence-electron chi connectivity index (χ4n) is 2.43. The van der Waals surface area contributed by atoms with Crippen LogP contribution in [-0.2, 0) is 14.3 Å². The minimum atomic E-state index is -0.717. The molecular formula is C15H16FNO4. The summed E-state index contributed by atoms with van der Waals surface area (Å²) in [6, 6.07) is 4.78. The molecule has 112 valence electrons. The Morgan fingerprint density at radius 1 is 1.38 bits per heavy atom. The van der Waals surface area contributed by atoms with Crippen LogP contribution in [0.5, 0.6) is 0 Å². The minimum Gasteiger partial charge on any atom is -0.503 e. The van der Waals surface area contributed by atoms with E-state index in [0.29, 0.717) is 5.56 Å². The van der Waals surface area contributed by atoms with Gasteiger partial charge in [-0.15, -0.1) is 0 Å². The summed E-state index contributed by atoms with van der Waals surface area (Å²) >= 11 is 0. The molecule has 1 atom stereocenters. The monoisotopic (exact) mass is 293 g/mol. The van der Waals surface area contributed by atoms with E-state index in [-0.39, 0.29) is 18.7 Å². The summed E-state index contributed by atoms with van der Waals surface area (Å²) in [5.74, 6) is -1.97. The van der Waals surface area contributed by atoms with Gasteiger partial charge in [-0.05, 0) is 24.6 Å². The lowest BCUT2D eigenvalue weighted by atomic mass is 9.97. The number of aliphatic hydroxyl groups is 1. The quantitative estimate of drug-likeness (QED) is 0.898. The molecule has 6 heteroatoms. The molecule has 2 rings (SSSR count). The van der Waals surface area contributed by atoms with Crippen molar-refractivity contribution in [3.8, 4) is 0 Å². The Morgan fingerprint density at radius 2 is 2.00 bits per heavy atom. The Kier molecular flexibility index (Phi) is 4.37. The number of benzene rings is 1. The van der Waals surface area contributed by atoms with Crippen LogP contribution in [-0.4, -0.2) is 42.0 Å². The van der Waals surface area contributed by atoms with E-state index in [2.05, 4.69) is 0 Å². The van der Waals surface area contributed by atoms with E-state index < -0.39 is 29.3 Å². The maximum Gasteiger partial charge on any atom is 0.290 e. The van der Waals surface area contributed by atoms with Crippen LogP contribution < -0.4 is 0 Å². The zero-order valence-electron chi connectivity index (χ0n) is 11.8. The predicted molar refractivity (Wildman–Crippen MR) is 73.1 cm³/mol. The first-order valence-electron chi connectivity index (χ1n) is 6.46. The van der Waals surface area contributed by atoms with Gasteiger partial charge in [0.1, 0.15) is 5.82 Å². The maximum atomic E-state index is 13.1. The third-order valence-corrected chi connectivity index (χ3v) is 3.41. The highest BCUT2D eigenvalue weighted by Gasteiger charge is 2.41. The van der Waals surface area contributed by atoms with Crippen molar-refractivity contribution in [2.24, 2.45) is 0 Å². The fraction of sp³-hybridized carbons (Fsp3) is 0.333. The summed E-state index contributed by atoms with van der Waals surface area (Å²) in [7, 11) is 1.49. The molecule has 1 N–H and O–H groups in total. The molecule has 0 aromatic heterocycles. The van der Waals surface area contributed by atoms with Crippen molar-refractivity contribution >= 4 is 11.7 Å². The molecule has 0 saturated carbocycles. The molecule has 1 aromatic carbocycles. The van der Waals surface area contributed by atoms with Crippen molar-refractivity contribution in [1.29, 1.82) is 0 Å². The summed E-state index contributed by atoms with van der Waals surface area (Å²) in [6.45, 7) is 1.77. The van der Waals surface area contributed by atoms with Crippen molar-refractivity contribution in [3.05, 3.63) is 47.0 Å². The Labute approximate surface area is 121 Å². The smallest absolute Gasteiger partial charge is 0.290 e. The van der Waals surface area contributed by atoms with Gasteiger partial charge < -0.3 is 14.7 Å². The molecular weight excluding hydrogens is 277 g/mol. The zero-order chi connectivity index (χ0) is 15.6. The first kappa shape index (κ1) is 15.2. The second-order valence-electron chi connectivity index (χ2n) is 4.76. The lowest BCUT2D eigenvalue weighted by Crippen LogP contribution is -2.33. The van der Waals surface area contributed by atoms with E-state index in [1.54, 1.807) is 0 Å². The molecule has 1 aromatic rings. The van der Waals surface area contributed by atoms with Gasteiger partial charge in [-0.2, -0.15) is 0 Å². The third-order valence-electron chi connectivity index (χ3n) is 3.41. The number of Topliss-reactive ketones (excluding diaryl/α,β-unsaturated/α-hetero) is 1. The minimum absolute atomic E-state index is 0.0303. The molecule has 0 spiro atoms. The van der Waals surface area contributed by atoms with Crippen LogP contribution >= 0.6 is 0 Å². The maximum absolute atomic E-state index is 13.1. The summed E-state index contributed by atoms with van der Waals surface area (Å²) in [4.78, 5) is 25.2. The molecule has 0 unspecified atom stereocenters. The average Bonchev–Trinajstić information content (AvgIpc) is 2.70. The number of rotatable bonds is 5.